The van der Waals surface area contributed by atoms with E-state index in [1.165, 1.54) is 12.0 Å². The summed E-state index contributed by atoms with van der Waals surface area (Å²) >= 11 is 0. The molecule has 1 aromatic heterocycles. The number of rotatable bonds is 5. The molecule has 2 saturated carbocycles. The van der Waals surface area contributed by atoms with E-state index in [1.807, 2.05) is 4.68 Å². The van der Waals surface area contributed by atoms with Crippen molar-refractivity contribution in [3.63, 3.8) is 0 Å². The van der Waals surface area contributed by atoms with Crippen LogP contribution in [-0.4, -0.2) is 46.1 Å². The molecule has 2 aliphatic carbocycles. The van der Waals surface area contributed by atoms with E-state index in [9.17, 15) is 4.79 Å². The molecule has 7 nitrogen and oxygen atoms in total. The minimum absolute atomic E-state index is 0.212. The number of hydrogen-bond acceptors (Lipinski definition) is 5. The average molecular weight is 436 g/mol. The van der Waals surface area contributed by atoms with Crippen molar-refractivity contribution >= 4 is 11.6 Å². The van der Waals surface area contributed by atoms with E-state index in [-0.39, 0.29) is 24.0 Å². The fourth-order valence-electron chi connectivity index (χ4n) is 5.31. The number of aromatic nitrogens is 3. The van der Waals surface area contributed by atoms with Crippen molar-refractivity contribution in [1.82, 2.24) is 20.3 Å². The molecule has 0 bridgehead atoms. The molecule has 2 aromatic rings. The van der Waals surface area contributed by atoms with E-state index in [2.05, 4.69) is 45.8 Å². The van der Waals surface area contributed by atoms with Crippen LogP contribution in [0.3, 0.4) is 0 Å². The lowest BCUT2D eigenvalue weighted by Crippen LogP contribution is -2.43. The van der Waals surface area contributed by atoms with Gasteiger partial charge in [0, 0.05) is 23.1 Å². The second-order valence-electron chi connectivity index (χ2n) is 10.0. The Morgan fingerprint density at radius 3 is 2.62 bits per heavy atom. The molecule has 1 amide bonds. The van der Waals surface area contributed by atoms with Gasteiger partial charge in [-0.05, 0) is 89.9 Å². The number of nitrogens with one attached hydrogen (secondary N) is 1. The van der Waals surface area contributed by atoms with Gasteiger partial charge in [-0.2, -0.15) is 0 Å². The van der Waals surface area contributed by atoms with Crippen molar-refractivity contribution in [2.24, 2.45) is 5.92 Å². The van der Waals surface area contributed by atoms with Crippen molar-refractivity contribution in [1.29, 1.82) is 0 Å². The van der Waals surface area contributed by atoms with E-state index < -0.39 is 0 Å². The highest BCUT2D eigenvalue weighted by Gasteiger charge is 2.39. The Morgan fingerprint density at radius 2 is 1.91 bits per heavy atom. The third-order valence-electron chi connectivity index (χ3n) is 7.72. The number of carbonyl (C=O) groups is 1. The van der Waals surface area contributed by atoms with Gasteiger partial charge in [0.1, 0.15) is 11.4 Å². The normalized spacial score (nSPS) is 24.2. The van der Waals surface area contributed by atoms with Gasteiger partial charge in [-0.3, -0.25) is 4.79 Å². The first-order valence-electron chi connectivity index (χ1n) is 12.5. The quantitative estimate of drug-likeness (QED) is 0.772. The zero-order valence-corrected chi connectivity index (χ0v) is 18.9. The summed E-state index contributed by atoms with van der Waals surface area (Å²) < 4.78 is 8.64. The highest BCUT2D eigenvalue weighted by molar-refractivity contribution is 5.99. The summed E-state index contributed by atoms with van der Waals surface area (Å²) in [6, 6.07) is 4.87. The molecular weight excluding hydrogens is 402 g/mol. The Bertz CT molecular complexity index is 1000. The van der Waals surface area contributed by atoms with Gasteiger partial charge in [-0.25, -0.2) is 4.68 Å². The SMILES string of the molecule is CC1CCc2c(ccc(-c3cn(C4CCNCC4)nn3)c2OC2CCC2)N1C(=O)C1CC1. The largest absolute Gasteiger partial charge is 0.489 e. The Kier molecular flexibility index (Phi) is 5.17. The summed E-state index contributed by atoms with van der Waals surface area (Å²) in [5.74, 6) is 1.44. The van der Waals surface area contributed by atoms with Gasteiger partial charge < -0.3 is 15.0 Å². The van der Waals surface area contributed by atoms with Crippen LogP contribution in [0, 0.1) is 5.92 Å². The zero-order valence-electron chi connectivity index (χ0n) is 18.9. The Balaban J connectivity index is 1.39. The van der Waals surface area contributed by atoms with Gasteiger partial charge in [-0.15, -0.1) is 5.10 Å². The number of fused-ring (bicyclic) bond motifs is 1. The topological polar surface area (TPSA) is 72.3 Å². The third kappa shape index (κ3) is 3.60. The molecule has 1 aromatic carbocycles. The molecule has 1 atom stereocenters. The number of anilines is 1. The van der Waals surface area contributed by atoms with Crippen LogP contribution in [0.4, 0.5) is 5.69 Å². The average Bonchev–Trinajstić information content (AvgIpc) is 3.53. The molecule has 2 aliphatic heterocycles. The first-order valence-corrected chi connectivity index (χ1v) is 12.5. The molecule has 32 heavy (non-hydrogen) atoms. The number of carbonyl (C=O) groups excluding carboxylic acids is 1. The van der Waals surface area contributed by atoms with Crippen LogP contribution in [0.5, 0.6) is 5.75 Å². The summed E-state index contributed by atoms with van der Waals surface area (Å²) in [4.78, 5) is 15.2. The van der Waals surface area contributed by atoms with Crippen LogP contribution in [0.1, 0.15) is 69.9 Å². The smallest absolute Gasteiger partial charge is 0.230 e. The van der Waals surface area contributed by atoms with E-state index in [0.717, 1.165) is 87.2 Å². The maximum absolute atomic E-state index is 13.1. The third-order valence-corrected chi connectivity index (χ3v) is 7.72. The fourth-order valence-corrected chi connectivity index (χ4v) is 5.31. The Hall–Kier alpha value is -2.41. The van der Waals surface area contributed by atoms with Crippen LogP contribution in [0.15, 0.2) is 18.3 Å². The number of hydrogen-bond donors (Lipinski definition) is 1. The molecule has 1 unspecified atom stereocenters. The number of benzene rings is 1. The van der Waals surface area contributed by atoms with Gasteiger partial charge in [0.05, 0.1) is 24.0 Å². The number of nitrogens with zero attached hydrogens (tertiary/aromatic N) is 4. The summed E-state index contributed by atoms with van der Waals surface area (Å²) in [5, 5.41) is 12.5. The molecule has 4 aliphatic rings. The second-order valence-corrected chi connectivity index (χ2v) is 10.0. The van der Waals surface area contributed by atoms with Crippen molar-refractivity contribution in [3.8, 4) is 17.0 Å². The van der Waals surface area contributed by atoms with Gasteiger partial charge in [0.25, 0.3) is 0 Å². The Labute approximate surface area is 189 Å². The zero-order chi connectivity index (χ0) is 21.7. The lowest BCUT2D eigenvalue weighted by molar-refractivity contribution is -0.120. The first kappa shape index (κ1) is 20.2. The standard InChI is InChI=1S/C25H33N5O2/c1-16-5-8-21-23(30(16)25(31)17-6-7-17)10-9-20(24(21)32-19-3-2-4-19)22-15-29(28-27-22)18-11-13-26-14-12-18/h9-10,15-19,26H,2-8,11-14H2,1H3. The molecule has 7 heteroatoms. The molecule has 3 fully saturated rings. The van der Waals surface area contributed by atoms with Crippen molar-refractivity contribution in [2.45, 2.75) is 82.9 Å². The monoisotopic (exact) mass is 435 g/mol. The molecule has 0 radical (unpaired) electrons. The summed E-state index contributed by atoms with van der Waals surface area (Å²) in [5.41, 5.74) is 4.12. The molecule has 1 saturated heterocycles. The van der Waals surface area contributed by atoms with Crippen molar-refractivity contribution < 1.29 is 9.53 Å². The first-order chi connectivity index (χ1) is 15.7. The van der Waals surface area contributed by atoms with Crippen LogP contribution in [-0.2, 0) is 11.2 Å². The predicted molar refractivity (Wildman–Crippen MR) is 123 cm³/mol. The highest BCUT2D eigenvalue weighted by Crippen LogP contribution is 2.46. The molecule has 0 spiro atoms. The van der Waals surface area contributed by atoms with Gasteiger partial charge >= 0.3 is 0 Å². The summed E-state index contributed by atoms with van der Waals surface area (Å²) in [7, 11) is 0. The van der Waals surface area contributed by atoms with Gasteiger partial charge in [-0.1, -0.05) is 5.21 Å². The van der Waals surface area contributed by atoms with E-state index >= 15 is 0 Å². The van der Waals surface area contributed by atoms with Crippen LogP contribution in [0.25, 0.3) is 11.3 Å². The van der Waals surface area contributed by atoms with Gasteiger partial charge in [0.2, 0.25) is 5.91 Å². The van der Waals surface area contributed by atoms with E-state index in [4.69, 9.17) is 4.74 Å². The van der Waals surface area contributed by atoms with Crippen molar-refractivity contribution in [3.05, 3.63) is 23.9 Å². The summed E-state index contributed by atoms with van der Waals surface area (Å²) in [6.45, 7) is 4.23. The maximum Gasteiger partial charge on any atom is 0.230 e. The lowest BCUT2D eigenvalue weighted by atomic mass is 9.91. The number of piperidine rings is 1. The molecule has 1 N–H and O–H groups in total. The van der Waals surface area contributed by atoms with Crippen LogP contribution >= 0.6 is 0 Å². The van der Waals surface area contributed by atoms with Crippen LogP contribution in [0.2, 0.25) is 0 Å². The molecule has 3 heterocycles. The van der Waals surface area contributed by atoms with Crippen LogP contribution < -0.4 is 15.0 Å². The molecule has 6 rings (SSSR count). The maximum atomic E-state index is 13.1. The van der Waals surface area contributed by atoms with Crippen molar-refractivity contribution in [2.75, 3.05) is 18.0 Å². The highest BCUT2D eigenvalue weighted by atomic mass is 16.5. The van der Waals surface area contributed by atoms with E-state index in [1.54, 1.807) is 0 Å². The molecule has 170 valence electrons. The lowest BCUT2D eigenvalue weighted by Gasteiger charge is -2.38. The minimum Gasteiger partial charge on any atom is -0.489 e. The minimum atomic E-state index is 0.212. The second kappa shape index (κ2) is 8.18. The van der Waals surface area contributed by atoms with Gasteiger partial charge in [0.15, 0.2) is 0 Å². The summed E-state index contributed by atoms with van der Waals surface area (Å²) in [6.07, 6.45) is 11.9. The fraction of sp³-hybridized carbons (Fsp3) is 0.640. The molecular formula is C25H33N5O2. The number of amides is 1. The number of ether oxygens (including phenoxy) is 1. The predicted octanol–water partition coefficient (Wildman–Crippen LogP) is 3.88. The Morgan fingerprint density at radius 1 is 1.09 bits per heavy atom. The van der Waals surface area contributed by atoms with E-state index in [0.29, 0.717) is 6.04 Å².